The third-order valence-electron chi connectivity index (χ3n) is 6.22. The molecule has 0 aromatic heterocycles. The van der Waals surface area contributed by atoms with Crippen LogP contribution in [-0.2, 0) is 16.2 Å². The van der Waals surface area contributed by atoms with Gasteiger partial charge in [0.2, 0.25) is 0 Å². The van der Waals surface area contributed by atoms with Crippen molar-refractivity contribution in [2.75, 3.05) is 35.8 Å². The number of rotatable bonds is 5. The van der Waals surface area contributed by atoms with E-state index in [9.17, 15) is 26.4 Å². The Morgan fingerprint density at radius 1 is 0.861 bits per heavy atom. The highest BCUT2D eigenvalue weighted by atomic mass is 32.2. The number of sulfonamides is 1. The van der Waals surface area contributed by atoms with E-state index in [1.165, 1.54) is 12.1 Å². The molecule has 0 bridgehead atoms. The fourth-order valence-corrected chi connectivity index (χ4v) is 5.54. The zero-order chi connectivity index (χ0) is 26.1. The number of nitrogens with zero attached hydrogens (tertiary/aromatic N) is 2. The number of alkyl halides is 3. The second-order valence-electron chi connectivity index (χ2n) is 8.73. The van der Waals surface area contributed by atoms with Crippen molar-refractivity contribution < 1.29 is 26.4 Å². The average Bonchev–Trinajstić information content (AvgIpc) is 2.85. The Morgan fingerprint density at radius 3 is 2.22 bits per heavy atom. The number of hydrogen-bond acceptors (Lipinski definition) is 4. The van der Waals surface area contributed by atoms with E-state index >= 15 is 0 Å². The van der Waals surface area contributed by atoms with Gasteiger partial charge in [-0.15, -0.1) is 0 Å². The molecule has 1 aliphatic heterocycles. The normalized spacial score (nSPS) is 14.6. The molecule has 1 fully saturated rings. The molecular weight excluding hydrogens is 491 g/mol. The Kier molecular flexibility index (Phi) is 6.99. The summed E-state index contributed by atoms with van der Waals surface area (Å²) in [5, 5.41) is 0. The number of carbonyl (C=O) groups excluding carboxylic acids is 1. The molecule has 0 spiro atoms. The molecule has 0 radical (unpaired) electrons. The summed E-state index contributed by atoms with van der Waals surface area (Å²) in [4.78, 5) is 16.6. The van der Waals surface area contributed by atoms with E-state index < -0.39 is 21.8 Å². The molecule has 190 valence electrons. The van der Waals surface area contributed by atoms with Gasteiger partial charge in [0.25, 0.3) is 15.9 Å². The first-order valence-corrected chi connectivity index (χ1v) is 12.8. The van der Waals surface area contributed by atoms with Crippen molar-refractivity contribution in [1.29, 1.82) is 0 Å². The smallest absolute Gasteiger partial charge is 0.368 e. The predicted octanol–water partition coefficient (Wildman–Crippen LogP) is 5.09. The minimum atomic E-state index is -4.43. The van der Waals surface area contributed by atoms with Crippen molar-refractivity contribution in [3.8, 4) is 0 Å². The fraction of sp³-hybridized carbons (Fsp3) is 0.269. The van der Waals surface area contributed by atoms with Crippen LogP contribution in [-0.4, -0.2) is 45.4 Å². The van der Waals surface area contributed by atoms with Crippen LogP contribution in [0.2, 0.25) is 0 Å². The van der Waals surface area contributed by atoms with Crippen LogP contribution in [0.15, 0.2) is 71.6 Å². The highest BCUT2D eigenvalue weighted by molar-refractivity contribution is 7.92. The molecule has 3 aromatic carbocycles. The molecule has 0 aliphatic carbocycles. The summed E-state index contributed by atoms with van der Waals surface area (Å²) in [6.07, 6.45) is -4.43. The van der Waals surface area contributed by atoms with E-state index in [0.29, 0.717) is 43.1 Å². The monoisotopic (exact) mass is 517 g/mol. The van der Waals surface area contributed by atoms with E-state index in [4.69, 9.17) is 0 Å². The van der Waals surface area contributed by atoms with Crippen LogP contribution in [0.1, 0.15) is 27.0 Å². The summed E-state index contributed by atoms with van der Waals surface area (Å²) in [6.45, 7) is 4.77. The standard InChI is InChI=1S/C26H26F3N3O3S/c1-18-6-3-4-9-23(18)30-36(34,35)24-16-20(11-10-19(24)2)25(33)32-14-12-31(13-15-32)22-8-5-7-21(17-22)26(27,28)29/h3-11,16-17,30H,12-15H2,1-2H3. The Labute approximate surface area is 208 Å². The van der Waals surface area contributed by atoms with Crippen LogP contribution in [0, 0.1) is 13.8 Å². The van der Waals surface area contributed by atoms with Gasteiger partial charge in [-0.1, -0.05) is 30.3 Å². The van der Waals surface area contributed by atoms with Crippen molar-refractivity contribution in [3.63, 3.8) is 0 Å². The molecule has 10 heteroatoms. The molecule has 4 rings (SSSR count). The summed E-state index contributed by atoms with van der Waals surface area (Å²) in [7, 11) is -3.94. The number of amides is 1. The number of carbonyl (C=O) groups is 1. The van der Waals surface area contributed by atoms with Crippen LogP contribution >= 0.6 is 0 Å². The Morgan fingerprint density at radius 2 is 1.56 bits per heavy atom. The van der Waals surface area contributed by atoms with Gasteiger partial charge in [-0.2, -0.15) is 13.2 Å². The molecule has 1 aliphatic rings. The minimum Gasteiger partial charge on any atom is -0.368 e. The van der Waals surface area contributed by atoms with Crippen molar-refractivity contribution in [2.24, 2.45) is 0 Å². The molecule has 1 N–H and O–H groups in total. The van der Waals surface area contributed by atoms with E-state index in [0.717, 1.165) is 17.7 Å². The number of anilines is 2. The van der Waals surface area contributed by atoms with Gasteiger partial charge in [0, 0.05) is 37.4 Å². The highest BCUT2D eigenvalue weighted by Crippen LogP contribution is 2.32. The summed E-state index contributed by atoms with van der Waals surface area (Å²) < 4.78 is 68.0. The first-order chi connectivity index (χ1) is 17.0. The first-order valence-electron chi connectivity index (χ1n) is 11.4. The molecule has 6 nitrogen and oxygen atoms in total. The second-order valence-corrected chi connectivity index (χ2v) is 10.4. The number of halogens is 3. The van der Waals surface area contributed by atoms with Crippen LogP contribution in [0.3, 0.4) is 0 Å². The summed E-state index contributed by atoms with van der Waals surface area (Å²) in [5.74, 6) is -0.328. The fourth-order valence-electron chi connectivity index (χ4n) is 4.14. The van der Waals surface area contributed by atoms with E-state index in [2.05, 4.69) is 4.72 Å². The van der Waals surface area contributed by atoms with Crippen LogP contribution in [0.4, 0.5) is 24.5 Å². The molecule has 36 heavy (non-hydrogen) atoms. The average molecular weight is 518 g/mol. The van der Waals surface area contributed by atoms with Gasteiger partial charge in [0.05, 0.1) is 16.1 Å². The number of piperazine rings is 1. The lowest BCUT2D eigenvalue weighted by Gasteiger charge is -2.36. The second kappa shape index (κ2) is 9.85. The number of aryl methyl sites for hydroxylation is 2. The quantitative estimate of drug-likeness (QED) is 0.512. The maximum Gasteiger partial charge on any atom is 0.416 e. The Hall–Kier alpha value is -3.53. The van der Waals surface area contributed by atoms with Crippen LogP contribution in [0.5, 0.6) is 0 Å². The lowest BCUT2D eigenvalue weighted by Crippen LogP contribution is -2.48. The third-order valence-corrected chi connectivity index (χ3v) is 7.73. The first kappa shape index (κ1) is 25.6. The number of hydrogen-bond donors (Lipinski definition) is 1. The lowest BCUT2D eigenvalue weighted by atomic mass is 10.1. The van der Waals surface area contributed by atoms with E-state index in [1.54, 1.807) is 60.0 Å². The molecular formula is C26H26F3N3O3S. The highest BCUT2D eigenvalue weighted by Gasteiger charge is 2.31. The van der Waals surface area contributed by atoms with Gasteiger partial charge in [0.1, 0.15) is 0 Å². The Bertz CT molecular complexity index is 1380. The molecule has 1 amide bonds. The topological polar surface area (TPSA) is 69.7 Å². The van der Waals surface area contributed by atoms with Crippen molar-refractivity contribution >= 4 is 27.3 Å². The van der Waals surface area contributed by atoms with Gasteiger partial charge < -0.3 is 9.80 Å². The summed E-state index contributed by atoms with van der Waals surface area (Å²) in [5.41, 5.74) is 1.69. The maximum atomic E-state index is 13.2. The number of benzene rings is 3. The summed E-state index contributed by atoms with van der Waals surface area (Å²) in [6, 6.07) is 16.7. The zero-order valence-electron chi connectivity index (χ0n) is 19.8. The maximum absolute atomic E-state index is 13.2. The van der Waals surface area contributed by atoms with E-state index in [1.807, 2.05) is 6.07 Å². The predicted molar refractivity (Wildman–Crippen MR) is 133 cm³/mol. The molecule has 1 saturated heterocycles. The van der Waals surface area contributed by atoms with Gasteiger partial charge in [-0.3, -0.25) is 9.52 Å². The summed E-state index contributed by atoms with van der Waals surface area (Å²) >= 11 is 0. The zero-order valence-corrected chi connectivity index (χ0v) is 20.7. The molecule has 3 aromatic rings. The van der Waals surface area contributed by atoms with Crippen molar-refractivity contribution in [2.45, 2.75) is 24.9 Å². The largest absolute Gasteiger partial charge is 0.416 e. The van der Waals surface area contributed by atoms with Gasteiger partial charge in [-0.25, -0.2) is 8.42 Å². The minimum absolute atomic E-state index is 0.0132. The molecule has 0 unspecified atom stereocenters. The van der Waals surface area contributed by atoms with Crippen LogP contribution < -0.4 is 9.62 Å². The Balaban J connectivity index is 1.49. The van der Waals surface area contributed by atoms with E-state index in [-0.39, 0.29) is 16.4 Å². The van der Waals surface area contributed by atoms with Gasteiger partial charge in [0.15, 0.2) is 0 Å². The van der Waals surface area contributed by atoms with Gasteiger partial charge in [-0.05, 0) is 61.4 Å². The molecule has 0 saturated carbocycles. The van der Waals surface area contributed by atoms with Gasteiger partial charge >= 0.3 is 6.18 Å². The number of para-hydroxylation sites is 1. The third kappa shape index (κ3) is 5.48. The lowest BCUT2D eigenvalue weighted by molar-refractivity contribution is -0.137. The van der Waals surface area contributed by atoms with Crippen LogP contribution in [0.25, 0.3) is 0 Å². The number of nitrogens with one attached hydrogen (secondary N) is 1. The molecule has 1 heterocycles. The molecule has 0 atom stereocenters. The van der Waals surface area contributed by atoms with Crippen molar-refractivity contribution in [1.82, 2.24) is 4.90 Å². The SMILES string of the molecule is Cc1ccccc1NS(=O)(=O)c1cc(C(=O)N2CCN(c3cccc(C(F)(F)F)c3)CC2)ccc1C. The van der Waals surface area contributed by atoms with Crippen molar-refractivity contribution in [3.05, 3.63) is 89.0 Å².